The van der Waals surface area contributed by atoms with E-state index < -0.39 is 0 Å². The van der Waals surface area contributed by atoms with Gasteiger partial charge in [-0.25, -0.2) is 0 Å². The predicted molar refractivity (Wildman–Crippen MR) is 69.2 cm³/mol. The van der Waals surface area contributed by atoms with Gasteiger partial charge < -0.3 is 0 Å². The van der Waals surface area contributed by atoms with Crippen LogP contribution < -0.4 is 0 Å². The van der Waals surface area contributed by atoms with E-state index in [0.717, 1.165) is 18.4 Å². The molecule has 16 heavy (non-hydrogen) atoms. The van der Waals surface area contributed by atoms with Crippen molar-refractivity contribution in [1.82, 2.24) is 0 Å². The summed E-state index contributed by atoms with van der Waals surface area (Å²) in [5, 5.41) is 0. The summed E-state index contributed by atoms with van der Waals surface area (Å²) in [6.07, 6.45) is 8.32. The second-order valence-corrected chi connectivity index (χ2v) is 4.49. The van der Waals surface area contributed by atoms with Crippen LogP contribution in [0.15, 0.2) is 60.7 Å². The van der Waals surface area contributed by atoms with Gasteiger partial charge in [-0.15, -0.1) is 0 Å². The third-order valence-electron chi connectivity index (χ3n) is 3.35. The standard InChI is InChI=1S/C16H14/c1-11-5-3-6-13-10-15-8-4-7-14(9-11)16(15)12(13)2/h3-8H,1-2,9-10H2/b5-3-,13-6-. The highest BCUT2D eigenvalue weighted by Crippen LogP contribution is 2.38. The van der Waals surface area contributed by atoms with Crippen molar-refractivity contribution in [3.63, 3.8) is 0 Å². The highest BCUT2D eigenvalue weighted by Gasteiger charge is 2.22. The minimum absolute atomic E-state index is 0.930. The van der Waals surface area contributed by atoms with Crippen LogP contribution in [0, 0.1) is 0 Å². The molecule has 0 amide bonds. The van der Waals surface area contributed by atoms with E-state index in [4.69, 9.17) is 0 Å². The van der Waals surface area contributed by atoms with Crippen LogP contribution in [0.1, 0.15) is 16.7 Å². The summed E-state index contributed by atoms with van der Waals surface area (Å²) in [6.45, 7) is 8.31. The minimum atomic E-state index is 0.930. The Morgan fingerprint density at radius 1 is 1.00 bits per heavy atom. The number of hydrogen-bond acceptors (Lipinski definition) is 0. The molecular formula is C16H14. The first-order chi connectivity index (χ1) is 7.75. The summed E-state index contributed by atoms with van der Waals surface area (Å²) < 4.78 is 0. The van der Waals surface area contributed by atoms with E-state index in [1.165, 1.54) is 27.8 Å². The fraction of sp³-hybridized carbons (Fsp3) is 0.125. The van der Waals surface area contributed by atoms with Gasteiger partial charge in [0.1, 0.15) is 0 Å². The van der Waals surface area contributed by atoms with Crippen molar-refractivity contribution in [3.05, 3.63) is 77.4 Å². The Hall–Kier alpha value is -1.82. The van der Waals surface area contributed by atoms with Crippen molar-refractivity contribution < 1.29 is 0 Å². The third kappa shape index (κ3) is 1.30. The molecule has 0 fully saturated rings. The van der Waals surface area contributed by atoms with Gasteiger partial charge in [-0.3, -0.25) is 0 Å². The van der Waals surface area contributed by atoms with Crippen molar-refractivity contribution in [3.8, 4) is 0 Å². The van der Waals surface area contributed by atoms with Crippen molar-refractivity contribution >= 4 is 5.57 Å². The molecule has 0 radical (unpaired) electrons. The Balaban J connectivity index is 2.29. The monoisotopic (exact) mass is 206 g/mol. The van der Waals surface area contributed by atoms with Crippen LogP contribution in [0.3, 0.4) is 0 Å². The molecule has 0 unspecified atom stereocenters. The molecular weight excluding hydrogens is 192 g/mol. The average molecular weight is 206 g/mol. The molecule has 78 valence electrons. The second-order valence-electron chi connectivity index (χ2n) is 4.49. The molecule has 0 spiro atoms. The maximum absolute atomic E-state index is 4.23. The number of hydrogen-bond donors (Lipinski definition) is 0. The maximum atomic E-state index is 4.23. The lowest BCUT2D eigenvalue weighted by molar-refractivity contribution is 1.17. The van der Waals surface area contributed by atoms with Gasteiger partial charge in [0.05, 0.1) is 0 Å². The molecule has 1 aromatic carbocycles. The zero-order valence-electron chi connectivity index (χ0n) is 9.29. The molecule has 0 N–H and O–H groups in total. The highest BCUT2D eigenvalue weighted by atomic mass is 14.3. The normalized spacial score (nSPS) is 23.1. The van der Waals surface area contributed by atoms with Gasteiger partial charge in [0.2, 0.25) is 0 Å². The van der Waals surface area contributed by atoms with Crippen LogP contribution in [0.5, 0.6) is 0 Å². The lowest BCUT2D eigenvalue weighted by atomic mass is 9.96. The van der Waals surface area contributed by atoms with E-state index in [9.17, 15) is 0 Å². The molecule has 3 rings (SSSR count). The zero-order chi connectivity index (χ0) is 11.1. The lowest BCUT2D eigenvalue weighted by Crippen LogP contribution is -1.93. The molecule has 0 saturated heterocycles. The fourth-order valence-corrected chi connectivity index (χ4v) is 2.57. The molecule has 0 heterocycles. The molecule has 2 aliphatic rings. The van der Waals surface area contributed by atoms with Gasteiger partial charge >= 0.3 is 0 Å². The Kier molecular flexibility index (Phi) is 1.97. The van der Waals surface area contributed by atoms with E-state index >= 15 is 0 Å². The maximum Gasteiger partial charge on any atom is -0.00136 e. The van der Waals surface area contributed by atoms with E-state index in [1.54, 1.807) is 0 Å². The minimum Gasteiger partial charge on any atom is -0.0955 e. The van der Waals surface area contributed by atoms with E-state index in [1.807, 2.05) is 0 Å². The molecule has 0 atom stereocenters. The molecule has 1 aromatic rings. The van der Waals surface area contributed by atoms with Crippen LogP contribution in [-0.4, -0.2) is 0 Å². The molecule has 2 bridgehead atoms. The van der Waals surface area contributed by atoms with Crippen molar-refractivity contribution in [2.45, 2.75) is 12.8 Å². The summed E-state index contributed by atoms with van der Waals surface area (Å²) in [5.41, 5.74) is 7.84. The number of fused-ring (bicyclic) bond motifs is 1. The van der Waals surface area contributed by atoms with Crippen LogP contribution in [-0.2, 0) is 12.8 Å². The number of benzene rings is 1. The molecule has 0 saturated carbocycles. The molecule has 2 aliphatic carbocycles. The van der Waals surface area contributed by atoms with Gasteiger partial charge in [-0.2, -0.15) is 0 Å². The van der Waals surface area contributed by atoms with Crippen LogP contribution in [0.25, 0.3) is 5.57 Å². The summed E-state index contributed by atoms with van der Waals surface area (Å²) in [6, 6.07) is 6.54. The number of allylic oxidation sites excluding steroid dienone is 6. The van der Waals surface area contributed by atoms with Gasteiger partial charge in [0.15, 0.2) is 0 Å². The Bertz CT molecular complexity index is 553. The number of rotatable bonds is 0. The summed E-state index contributed by atoms with van der Waals surface area (Å²) >= 11 is 0. The summed E-state index contributed by atoms with van der Waals surface area (Å²) in [7, 11) is 0. The van der Waals surface area contributed by atoms with E-state index in [0.29, 0.717) is 0 Å². The SMILES string of the molecule is C=C1/C=C\C=C2\Cc3cccc(c3C2=C)C1. The molecule has 0 heteroatoms. The first-order valence-corrected chi connectivity index (χ1v) is 5.61. The average Bonchev–Trinajstić information content (AvgIpc) is 2.58. The van der Waals surface area contributed by atoms with E-state index in [-0.39, 0.29) is 0 Å². The second kappa shape index (κ2) is 3.34. The zero-order valence-corrected chi connectivity index (χ0v) is 9.29. The van der Waals surface area contributed by atoms with Gasteiger partial charge in [0.25, 0.3) is 0 Å². The molecule has 0 aliphatic heterocycles. The van der Waals surface area contributed by atoms with Gasteiger partial charge in [0, 0.05) is 0 Å². The predicted octanol–water partition coefficient (Wildman–Crippen LogP) is 3.85. The summed E-state index contributed by atoms with van der Waals surface area (Å²) in [4.78, 5) is 0. The van der Waals surface area contributed by atoms with Crippen LogP contribution in [0.4, 0.5) is 0 Å². The van der Waals surface area contributed by atoms with Crippen LogP contribution >= 0.6 is 0 Å². The first kappa shape index (κ1) is 9.41. The first-order valence-electron chi connectivity index (χ1n) is 5.61. The third-order valence-corrected chi connectivity index (χ3v) is 3.35. The molecule has 0 aromatic heterocycles. The lowest BCUT2D eigenvalue weighted by Gasteiger charge is -2.08. The fourth-order valence-electron chi connectivity index (χ4n) is 2.57. The Morgan fingerprint density at radius 3 is 2.56 bits per heavy atom. The Morgan fingerprint density at radius 2 is 1.75 bits per heavy atom. The largest absolute Gasteiger partial charge is 0.0955 e. The van der Waals surface area contributed by atoms with Crippen molar-refractivity contribution in [2.75, 3.05) is 0 Å². The van der Waals surface area contributed by atoms with Gasteiger partial charge in [-0.05, 0) is 40.7 Å². The summed E-state index contributed by atoms with van der Waals surface area (Å²) in [5.74, 6) is 0. The topological polar surface area (TPSA) is 0 Å². The van der Waals surface area contributed by atoms with Crippen molar-refractivity contribution in [2.24, 2.45) is 0 Å². The molecule has 0 nitrogen and oxygen atoms in total. The smallest absolute Gasteiger partial charge is 0.00136 e. The highest BCUT2D eigenvalue weighted by molar-refractivity contribution is 5.86. The Labute approximate surface area is 96.3 Å². The van der Waals surface area contributed by atoms with Crippen LogP contribution in [0.2, 0.25) is 0 Å². The van der Waals surface area contributed by atoms with E-state index in [2.05, 4.69) is 49.6 Å². The van der Waals surface area contributed by atoms with Gasteiger partial charge in [-0.1, -0.05) is 55.2 Å². The quantitative estimate of drug-likeness (QED) is 0.605. The van der Waals surface area contributed by atoms with Crippen molar-refractivity contribution in [1.29, 1.82) is 0 Å².